The average Bonchev–Trinajstić information content (AvgIpc) is 3.51. The van der Waals surface area contributed by atoms with Gasteiger partial charge in [0.15, 0.2) is 5.58 Å². The summed E-state index contributed by atoms with van der Waals surface area (Å²) in [6.45, 7) is 1.61. The number of aromatic nitrogens is 3. The number of hydrogen-bond donors (Lipinski definition) is 1. The number of carbonyl (C=O) groups is 1. The lowest BCUT2D eigenvalue weighted by atomic mass is 9.98. The molecule has 176 valence electrons. The molecule has 0 aliphatic carbocycles. The maximum atomic E-state index is 12.5. The van der Waals surface area contributed by atoms with E-state index in [2.05, 4.69) is 40.7 Å². The summed E-state index contributed by atoms with van der Waals surface area (Å²) in [5.41, 5.74) is 5.74. The first-order valence-electron chi connectivity index (χ1n) is 11.7. The fourth-order valence-corrected chi connectivity index (χ4v) is 4.23. The third-order valence-corrected chi connectivity index (χ3v) is 6.02. The summed E-state index contributed by atoms with van der Waals surface area (Å²) in [5.74, 6) is -0.439. The van der Waals surface area contributed by atoms with Gasteiger partial charge in [0.25, 0.3) is 0 Å². The molecule has 2 heterocycles. The van der Waals surface area contributed by atoms with Crippen molar-refractivity contribution < 1.29 is 9.21 Å². The number of benzene rings is 3. The summed E-state index contributed by atoms with van der Waals surface area (Å²) in [5, 5.41) is 7.28. The van der Waals surface area contributed by atoms with E-state index in [9.17, 15) is 9.59 Å². The van der Waals surface area contributed by atoms with E-state index < -0.39 is 5.76 Å². The second-order valence-corrected chi connectivity index (χ2v) is 8.43. The van der Waals surface area contributed by atoms with Gasteiger partial charge in [0.05, 0.1) is 12.1 Å². The van der Waals surface area contributed by atoms with E-state index in [1.54, 1.807) is 16.8 Å². The highest BCUT2D eigenvalue weighted by atomic mass is 16.4. The summed E-state index contributed by atoms with van der Waals surface area (Å²) in [6.07, 6.45) is 4.60. The minimum atomic E-state index is -0.392. The Bertz CT molecular complexity index is 1480. The topological polar surface area (TPSA) is 82.1 Å². The third kappa shape index (κ3) is 5.24. The molecule has 5 aromatic rings. The van der Waals surface area contributed by atoms with Crippen molar-refractivity contribution in [2.45, 2.75) is 32.5 Å². The van der Waals surface area contributed by atoms with Gasteiger partial charge in [-0.05, 0) is 46.9 Å². The van der Waals surface area contributed by atoms with E-state index in [4.69, 9.17) is 4.42 Å². The molecule has 0 spiro atoms. The van der Waals surface area contributed by atoms with Crippen molar-refractivity contribution >= 4 is 17.0 Å². The normalized spacial score (nSPS) is 11.1. The Morgan fingerprint density at radius 2 is 1.74 bits per heavy atom. The minimum absolute atomic E-state index is 0.0461. The van der Waals surface area contributed by atoms with E-state index in [1.807, 2.05) is 53.3 Å². The largest absolute Gasteiger partial charge is 0.419 e. The van der Waals surface area contributed by atoms with Gasteiger partial charge in [0, 0.05) is 31.9 Å². The molecule has 0 unspecified atom stereocenters. The molecule has 7 heteroatoms. The van der Waals surface area contributed by atoms with Gasteiger partial charge in [-0.3, -0.25) is 14.0 Å². The minimum Gasteiger partial charge on any atom is -0.408 e. The van der Waals surface area contributed by atoms with Crippen LogP contribution in [0.3, 0.4) is 0 Å². The standard InChI is InChI=1S/C28H26N4O3/c33-27(11-5-18-32-25-9-3-4-10-26(25)35-28(32)34)29-19-23-7-1-2-8-24(23)22-14-12-21(13-15-22)20-31-17-6-16-30-31/h1-4,6-10,12-17H,5,11,18-20H2,(H,29,33). The molecule has 0 atom stereocenters. The Hall–Kier alpha value is -4.39. The highest BCUT2D eigenvalue weighted by Gasteiger charge is 2.10. The number of hydrogen-bond acceptors (Lipinski definition) is 4. The van der Waals surface area contributed by atoms with Crippen molar-refractivity contribution in [2.24, 2.45) is 0 Å². The van der Waals surface area contributed by atoms with Crippen LogP contribution < -0.4 is 11.1 Å². The maximum Gasteiger partial charge on any atom is 0.419 e. The van der Waals surface area contributed by atoms with Gasteiger partial charge >= 0.3 is 5.76 Å². The number of amides is 1. The summed E-state index contributed by atoms with van der Waals surface area (Å²) >= 11 is 0. The molecule has 2 aromatic heterocycles. The molecule has 0 aliphatic heterocycles. The highest BCUT2D eigenvalue weighted by Crippen LogP contribution is 2.24. The Balaban J connectivity index is 1.18. The van der Waals surface area contributed by atoms with Crippen molar-refractivity contribution in [3.8, 4) is 11.1 Å². The van der Waals surface area contributed by atoms with Gasteiger partial charge in [0.2, 0.25) is 5.91 Å². The molecule has 0 fully saturated rings. The Morgan fingerprint density at radius 3 is 2.57 bits per heavy atom. The first-order valence-corrected chi connectivity index (χ1v) is 11.7. The second kappa shape index (κ2) is 10.3. The van der Waals surface area contributed by atoms with Crippen molar-refractivity contribution in [3.05, 3.63) is 113 Å². The molecule has 0 saturated carbocycles. The fraction of sp³-hybridized carbons (Fsp3) is 0.179. The Labute approximate surface area is 202 Å². The predicted molar refractivity (Wildman–Crippen MR) is 135 cm³/mol. The maximum absolute atomic E-state index is 12.5. The average molecular weight is 467 g/mol. The van der Waals surface area contributed by atoms with E-state index >= 15 is 0 Å². The van der Waals surface area contributed by atoms with E-state index in [0.29, 0.717) is 31.5 Å². The molecule has 1 amide bonds. The molecular weight excluding hydrogens is 440 g/mol. The smallest absolute Gasteiger partial charge is 0.408 e. The number of rotatable bonds is 9. The number of aryl methyl sites for hydroxylation is 1. The van der Waals surface area contributed by atoms with Crippen LogP contribution in [0, 0.1) is 0 Å². The lowest BCUT2D eigenvalue weighted by molar-refractivity contribution is -0.121. The summed E-state index contributed by atoms with van der Waals surface area (Å²) in [6, 6.07) is 25.7. The Morgan fingerprint density at radius 1 is 0.943 bits per heavy atom. The number of fused-ring (bicyclic) bond motifs is 1. The zero-order valence-electron chi connectivity index (χ0n) is 19.3. The van der Waals surface area contributed by atoms with Crippen LogP contribution in [0.15, 0.2) is 100 Å². The number of nitrogens with one attached hydrogen (secondary N) is 1. The first-order chi connectivity index (χ1) is 17.2. The van der Waals surface area contributed by atoms with Crippen LogP contribution in [0.4, 0.5) is 0 Å². The number of para-hydroxylation sites is 2. The number of oxazole rings is 1. The molecule has 0 aliphatic rings. The van der Waals surface area contributed by atoms with Gasteiger partial charge < -0.3 is 9.73 Å². The first kappa shape index (κ1) is 22.4. The predicted octanol–water partition coefficient (Wildman–Crippen LogP) is 4.60. The van der Waals surface area contributed by atoms with Crippen LogP contribution in [0.1, 0.15) is 24.0 Å². The second-order valence-electron chi connectivity index (χ2n) is 8.43. The van der Waals surface area contributed by atoms with Crippen molar-refractivity contribution in [1.29, 1.82) is 0 Å². The zero-order chi connectivity index (χ0) is 24.0. The third-order valence-electron chi connectivity index (χ3n) is 6.02. The lowest BCUT2D eigenvalue weighted by Crippen LogP contribution is -2.23. The van der Waals surface area contributed by atoms with Gasteiger partial charge in [-0.2, -0.15) is 5.10 Å². The van der Waals surface area contributed by atoms with Gasteiger partial charge in [-0.15, -0.1) is 0 Å². The summed E-state index contributed by atoms with van der Waals surface area (Å²) in [4.78, 5) is 24.6. The fourth-order valence-electron chi connectivity index (χ4n) is 4.23. The van der Waals surface area contributed by atoms with Gasteiger partial charge in [-0.25, -0.2) is 4.79 Å². The van der Waals surface area contributed by atoms with E-state index in [0.717, 1.165) is 28.8 Å². The highest BCUT2D eigenvalue weighted by molar-refractivity contribution is 5.77. The molecular formula is C28H26N4O3. The van der Waals surface area contributed by atoms with Gasteiger partial charge in [0.1, 0.15) is 0 Å². The molecule has 3 aromatic carbocycles. The molecule has 0 saturated heterocycles. The number of carbonyl (C=O) groups excluding carboxylic acids is 1. The molecule has 0 bridgehead atoms. The van der Waals surface area contributed by atoms with Crippen molar-refractivity contribution in [1.82, 2.24) is 19.7 Å². The summed E-state index contributed by atoms with van der Waals surface area (Å²) in [7, 11) is 0. The molecule has 5 rings (SSSR count). The molecule has 0 radical (unpaired) electrons. The van der Waals surface area contributed by atoms with E-state index in [1.165, 1.54) is 5.56 Å². The summed E-state index contributed by atoms with van der Waals surface area (Å²) < 4.78 is 8.72. The van der Waals surface area contributed by atoms with Crippen LogP contribution in [0.5, 0.6) is 0 Å². The zero-order valence-corrected chi connectivity index (χ0v) is 19.3. The monoisotopic (exact) mass is 466 g/mol. The molecule has 1 N–H and O–H groups in total. The number of nitrogens with zero attached hydrogens (tertiary/aromatic N) is 3. The van der Waals surface area contributed by atoms with Gasteiger partial charge in [-0.1, -0.05) is 60.7 Å². The Kier molecular flexibility index (Phi) is 6.57. The molecule has 7 nitrogen and oxygen atoms in total. The lowest BCUT2D eigenvalue weighted by Gasteiger charge is -2.12. The van der Waals surface area contributed by atoms with Crippen molar-refractivity contribution in [3.63, 3.8) is 0 Å². The van der Waals surface area contributed by atoms with E-state index in [-0.39, 0.29) is 5.91 Å². The SMILES string of the molecule is O=C(CCCn1c(=O)oc2ccccc21)NCc1ccccc1-c1ccc(Cn2cccn2)cc1. The van der Waals surface area contributed by atoms with Crippen LogP contribution in [0.25, 0.3) is 22.2 Å². The quantitative estimate of drug-likeness (QED) is 0.344. The van der Waals surface area contributed by atoms with Crippen LogP contribution in [0.2, 0.25) is 0 Å². The van der Waals surface area contributed by atoms with Crippen LogP contribution in [-0.2, 0) is 24.4 Å². The van der Waals surface area contributed by atoms with Crippen LogP contribution >= 0.6 is 0 Å². The van der Waals surface area contributed by atoms with Crippen LogP contribution in [-0.4, -0.2) is 20.3 Å². The molecule has 35 heavy (non-hydrogen) atoms. The van der Waals surface area contributed by atoms with Crippen molar-refractivity contribution in [2.75, 3.05) is 0 Å².